The minimum absolute atomic E-state index is 0.0640. The number of rotatable bonds is 4. The van der Waals surface area contributed by atoms with Gasteiger partial charge in [-0.05, 0) is 32.1 Å². The normalized spacial score (nSPS) is 28.4. The van der Waals surface area contributed by atoms with Crippen molar-refractivity contribution < 1.29 is 9.47 Å². The second kappa shape index (κ2) is 6.19. The molecule has 0 bridgehead atoms. The molecule has 1 fully saturated rings. The first-order valence-corrected chi connectivity index (χ1v) is 6.59. The highest BCUT2D eigenvalue weighted by Gasteiger charge is 2.19. The fourth-order valence-corrected chi connectivity index (χ4v) is 2.03. The lowest BCUT2D eigenvalue weighted by Crippen LogP contribution is -2.30. The minimum Gasteiger partial charge on any atom is -0.353 e. The zero-order valence-electron chi connectivity index (χ0n) is 8.46. The molecule has 1 rings (SSSR count). The monoisotopic (exact) mass is 298 g/mol. The summed E-state index contributed by atoms with van der Waals surface area (Å²) >= 11 is 2.40. The molecule has 78 valence electrons. The van der Waals surface area contributed by atoms with Gasteiger partial charge < -0.3 is 9.47 Å². The smallest absolute Gasteiger partial charge is 0.157 e. The summed E-state index contributed by atoms with van der Waals surface area (Å²) in [6.45, 7) is 5.23. The van der Waals surface area contributed by atoms with Gasteiger partial charge in [0, 0.05) is 11.0 Å². The first-order valence-electron chi connectivity index (χ1n) is 5.07. The predicted molar refractivity (Wildman–Crippen MR) is 62.2 cm³/mol. The molecule has 13 heavy (non-hydrogen) atoms. The molecule has 0 aliphatic carbocycles. The maximum atomic E-state index is 5.82. The summed E-state index contributed by atoms with van der Waals surface area (Å²) in [5, 5.41) is 0. The number of hydrogen-bond donors (Lipinski definition) is 0. The third kappa shape index (κ3) is 4.13. The van der Waals surface area contributed by atoms with Gasteiger partial charge >= 0.3 is 0 Å². The second-order valence-corrected chi connectivity index (χ2v) is 4.65. The number of alkyl halides is 1. The van der Waals surface area contributed by atoms with E-state index in [9.17, 15) is 0 Å². The zero-order valence-corrected chi connectivity index (χ0v) is 10.6. The molecule has 1 unspecified atom stereocenters. The Morgan fingerprint density at radius 1 is 1.46 bits per heavy atom. The van der Waals surface area contributed by atoms with Gasteiger partial charge in [-0.1, -0.05) is 29.5 Å². The minimum atomic E-state index is 0.0640. The van der Waals surface area contributed by atoms with Crippen molar-refractivity contribution in [1.29, 1.82) is 0 Å². The Bertz CT molecular complexity index is 135. The number of hydrogen-bond acceptors (Lipinski definition) is 2. The Morgan fingerprint density at radius 3 is 2.77 bits per heavy atom. The van der Waals surface area contributed by atoms with Crippen LogP contribution in [0.2, 0.25) is 0 Å². The molecule has 0 aromatic heterocycles. The van der Waals surface area contributed by atoms with E-state index in [-0.39, 0.29) is 6.29 Å². The van der Waals surface area contributed by atoms with Crippen molar-refractivity contribution in [3.63, 3.8) is 0 Å². The van der Waals surface area contributed by atoms with E-state index in [0.717, 1.165) is 17.5 Å². The highest BCUT2D eigenvalue weighted by molar-refractivity contribution is 14.1. The van der Waals surface area contributed by atoms with Crippen LogP contribution in [0.25, 0.3) is 0 Å². The van der Waals surface area contributed by atoms with Crippen LogP contribution < -0.4 is 0 Å². The van der Waals surface area contributed by atoms with Gasteiger partial charge in [-0.25, -0.2) is 0 Å². The van der Waals surface area contributed by atoms with Gasteiger partial charge in [0.05, 0.1) is 6.10 Å². The summed E-state index contributed by atoms with van der Waals surface area (Å²) in [5.74, 6) is 0.617. The van der Waals surface area contributed by atoms with Crippen LogP contribution >= 0.6 is 22.6 Å². The van der Waals surface area contributed by atoms with E-state index >= 15 is 0 Å². The van der Waals surface area contributed by atoms with Crippen molar-refractivity contribution in [2.75, 3.05) is 11.0 Å². The molecule has 0 aromatic rings. The van der Waals surface area contributed by atoms with Gasteiger partial charge in [0.1, 0.15) is 0 Å². The average Bonchev–Trinajstić information content (AvgIpc) is 2.18. The number of ether oxygens (including phenoxy) is 2. The first-order chi connectivity index (χ1) is 6.24. The van der Waals surface area contributed by atoms with Crippen LogP contribution in [-0.4, -0.2) is 23.4 Å². The molecular weight excluding hydrogens is 279 g/mol. The maximum Gasteiger partial charge on any atom is 0.157 e. The Morgan fingerprint density at radius 2 is 2.23 bits per heavy atom. The van der Waals surface area contributed by atoms with Gasteiger partial charge in [-0.3, -0.25) is 0 Å². The molecule has 3 heteroatoms. The summed E-state index contributed by atoms with van der Waals surface area (Å²) in [6, 6.07) is 0. The molecule has 1 saturated heterocycles. The molecule has 0 amide bonds. The summed E-state index contributed by atoms with van der Waals surface area (Å²) in [5.41, 5.74) is 0. The molecule has 0 aromatic carbocycles. The third-order valence-corrected chi connectivity index (χ3v) is 3.94. The Kier molecular flexibility index (Phi) is 5.58. The summed E-state index contributed by atoms with van der Waals surface area (Å²) < 4.78 is 12.5. The van der Waals surface area contributed by atoms with Crippen LogP contribution in [0, 0.1) is 5.92 Å². The highest BCUT2D eigenvalue weighted by Crippen LogP contribution is 2.19. The molecule has 0 N–H and O–H groups in total. The molecule has 2 nitrogen and oxygen atoms in total. The molecule has 3 atom stereocenters. The molecular formula is C10H19IO2. The SMILES string of the molecule is C[C@H](CI)[C@@H](C)OC1CCCCO1. The molecule has 1 aliphatic heterocycles. The molecule has 0 spiro atoms. The van der Waals surface area contributed by atoms with E-state index in [4.69, 9.17) is 9.47 Å². The lowest BCUT2D eigenvalue weighted by Gasteiger charge is -2.28. The second-order valence-electron chi connectivity index (χ2n) is 3.77. The lowest BCUT2D eigenvalue weighted by molar-refractivity contribution is -0.191. The van der Waals surface area contributed by atoms with E-state index in [1.165, 1.54) is 12.8 Å². The van der Waals surface area contributed by atoms with Crippen molar-refractivity contribution in [3.8, 4) is 0 Å². The van der Waals surface area contributed by atoms with Crippen LogP contribution in [0.4, 0.5) is 0 Å². The molecule has 1 aliphatic rings. The lowest BCUT2D eigenvalue weighted by atomic mass is 10.1. The molecule has 0 radical (unpaired) electrons. The van der Waals surface area contributed by atoms with Crippen molar-refractivity contribution in [2.24, 2.45) is 5.92 Å². The summed E-state index contributed by atoms with van der Waals surface area (Å²) in [6.07, 6.45) is 3.89. The topological polar surface area (TPSA) is 18.5 Å². The van der Waals surface area contributed by atoms with E-state index in [0.29, 0.717) is 12.0 Å². The Hall–Kier alpha value is 0.650. The Balaban J connectivity index is 2.21. The van der Waals surface area contributed by atoms with Gasteiger partial charge in [-0.2, -0.15) is 0 Å². The van der Waals surface area contributed by atoms with Crippen molar-refractivity contribution in [1.82, 2.24) is 0 Å². The van der Waals surface area contributed by atoms with Gasteiger partial charge in [-0.15, -0.1) is 0 Å². The van der Waals surface area contributed by atoms with Crippen molar-refractivity contribution in [3.05, 3.63) is 0 Å². The van der Waals surface area contributed by atoms with Crippen LogP contribution in [0.1, 0.15) is 33.1 Å². The van der Waals surface area contributed by atoms with Crippen molar-refractivity contribution >= 4 is 22.6 Å². The quantitative estimate of drug-likeness (QED) is 0.587. The fraction of sp³-hybridized carbons (Fsp3) is 1.00. The summed E-state index contributed by atoms with van der Waals surface area (Å²) in [7, 11) is 0. The zero-order chi connectivity index (χ0) is 9.68. The van der Waals surface area contributed by atoms with E-state index < -0.39 is 0 Å². The van der Waals surface area contributed by atoms with E-state index in [1.807, 2.05) is 0 Å². The standard InChI is InChI=1S/C10H19IO2/c1-8(7-11)9(2)13-10-5-3-4-6-12-10/h8-10H,3-7H2,1-2H3/t8-,9-,10?/m1/s1. The van der Waals surface area contributed by atoms with Gasteiger partial charge in [0.15, 0.2) is 6.29 Å². The van der Waals surface area contributed by atoms with E-state index in [1.54, 1.807) is 0 Å². The van der Waals surface area contributed by atoms with Gasteiger partial charge in [0.25, 0.3) is 0 Å². The Labute approximate surface area is 94.5 Å². The van der Waals surface area contributed by atoms with E-state index in [2.05, 4.69) is 36.4 Å². The third-order valence-electron chi connectivity index (χ3n) is 2.55. The fourth-order valence-electron chi connectivity index (χ4n) is 1.32. The highest BCUT2D eigenvalue weighted by atomic mass is 127. The van der Waals surface area contributed by atoms with Crippen LogP contribution in [0.3, 0.4) is 0 Å². The van der Waals surface area contributed by atoms with Crippen molar-refractivity contribution in [2.45, 2.75) is 45.5 Å². The summed E-state index contributed by atoms with van der Waals surface area (Å²) in [4.78, 5) is 0. The largest absolute Gasteiger partial charge is 0.353 e. The first kappa shape index (κ1) is 11.7. The molecule has 0 saturated carbocycles. The van der Waals surface area contributed by atoms with Gasteiger partial charge in [0.2, 0.25) is 0 Å². The van der Waals surface area contributed by atoms with Crippen LogP contribution in [0.15, 0.2) is 0 Å². The predicted octanol–water partition coefficient (Wildman–Crippen LogP) is 2.99. The average molecular weight is 298 g/mol. The number of halogens is 1. The molecule has 1 heterocycles. The van der Waals surface area contributed by atoms with Crippen LogP contribution in [0.5, 0.6) is 0 Å². The van der Waals surface area contributed by atoms with Crippen LogP contribution in [-0.2, 0) is 9.47 Å². The maximum absolute atomic E-state index is 5.82.